The summed E-state index contributed by atoms with van der Waals surface area (Å²) in [6, 6.07) is 18.3. The van der Waals surface area contributed by atoms with Crippen molar-refractivity contribution in [1.82, 2.24) is 10.2 Å². The first-order chi connectivity index (χ1) is 11.7. The van der Waals surface area contributed by atoms with Crippen molar-refractivity contribution >= 4 is 11.6 Å². The fourth-order valence-corrected chi connectivity index (χ4v) is 3.08. The minimum atomic E-state index is 0. The van der Waals surface area contributed by atoms with Gasteiger partial charge in [-0.15, -0.1) is 0 Å². The lowest BCUT2D eigenvalue weighted by atomic mass is 10.1. The van der Waals surface area contributed by atoms with Crippen molar-refractivity contribution in [3.63, 3.8) is 0 Å². The summed E-state index contributed by atoms with van der Waals surface area (Å²) < 4.78 is 0. The van der Waals surface area contributed by atoms with Crippen molar-refractivity contribution in [3.8, 4) is 0 Å². The normalized spacial score (nSPS) is 14.7. The highest BCUT2D eigenvalue weighted by atomic mass is 35.5. The highest BCUT2D eigenvalue weighted by Crippen LogP contribution is 2.15. The Hall–Kier alpha value is -2.04. The molecule has 2 aromatic rings. The molecule has 1 aliphatic rings. The second-order valence-corrected chi connectivity index (χ2v) is 6.29. The number of hydrogen-bond acceptors (Lipinski definition) is 3. The number of piperazine rings is 1. The average molecular weight is 359 g/mol. The monoisotopic (exact) mass is 358 g/mol. The molecule has 1 amide bonds. The Morgan fingerprint density at radius 1 is 1.00 bits per heavy atom. The number of amides is 1. The van der Waals surface area contributed by atoms with Gasteiger partial charge in [-0.25, -0.2) is 0 Å². The molecule has 25 heavy (non-hydrogen) atoms. The van der Waals surface area contributed by atoms with Crippen LogP contribution in [0.4, 0.5) is 5.69 Å². The van der Waals surface area contributed by atoms with Gasteiger partial charge < -0.3 is 22.6 Å². The van der Waals surface area contributed by atoms with E-state index in [9.17, 15) is 4.79 Å². The molecule has 1 heterocycles. The number of benzene rings is 2. The Balaban J connectivity index is 0.00000225. The van der Waals surface area contributed by atoms with Crippen molar-refractivity contribution in [3.05, 3.63) is 65.7 Å². The van der Waals surface area contributed by atoms with E-state index in [1.54, 1.807) is 0 Å². The van der Waals surface area contributed by atoms with Gasteiger partial charge in [-0.05, 0) is 31.2 Å². The maximum absolute atomic E-state index is 12.1. The smallest absolute Gasteiger partial charge is 0.251 e. The van der Waals surface area contributed by atoms with E-state index in [1.165, 1.54) is 5.69 Å². The zero-order valence-electron chi connectivity index (χ0n) is 14.6. The lowest BCUT2D eigenvalue weighted by Gasteiger charge is -2.36. The van der Waals surface area contributed by atoms with Gasteiger partial charge in [-0.2, -0.15) is 0 Å². The number of aryl methyl sites for hydroxylation is 1. The fraction of sp³-hybridized carbons (Fsp3) is 0.350. The number of para-hydroxylation sites is 1. The van der Waals surface area contributed by atoms with Gasteiger partial charge in [0.25, 0.3) is 5.91 Å². The van der Waals surface area contributed by atoms with Crippen LogP contribution in [0, 0.1) is 6.92 Å². The van der Waals surface area contributed by atoms with Crippen LogP contribution in [0.3, 0.4) is 0 Å². The molecule has 2 aromatic carbocycles. The Kier molecular flexibility index (Phi) is 7.29. The third-order valence-electron chi connectivity index (χ3n) is 4.49. The maximum Gasteiger partial charge on any atom is 0.251 e. The molecule has 5 heteroatoms. The van der Waals surface area contributed by atoms with Crippen molar-refractivity contribution in [2.75, 3.05) is 44.2 Å². The number of nitrogens with zero attached hydrogens (tertiary/aromatic N) is 2. The van der Waals surface area contributed by atoms with Crippen LogP contribution in [0.15, 0.2) is 54.6 Å². The number of carbonyl (C=O) groups is 1. The Labute approximate surface area is 156 Å². The largest absolute Gasteiger partial charge is 1.00 e. The minimum absolute atomic E-state index is 0. The SMILES string of the molecule is Cc1cccc(C(=O)NCCN2CCN(c3ccccc3)CC2)c1.[Cl-]. The second-order valence-electron chi connectivity index (χ2n) is 6.29. The molecule has 0 aliphatic carbocycles. The summed E-state index contributed by atoms with van der Waals surface area (Å²) in [7, 11) is 0. The third kappa shape index (κ3) is 5.48. The molecule has 0 spiro atoms. The van der Waals surface area contributed by atoms with E-state index in [-0.39, 0.29) is 18.3 Å². The van der Waals surface area contributed by atoms with E-state index in [2.05, 4.69) is 45.4 Å². The summed E-state index contributed by atoms with van der Waals surface area (Å²) in [5.41, 5.74) is 3.15. The van der Waals surface area contributed by atoms with E-state index in [0.717, 1.165) is 43.9 Å². The molecule has 4 nitrogen and oxygen atoms in total. The predicted molar refractivity (Wildman–Crippen MR) is 98.6 cm³/mol. The summed E-state index contributed by atoms with van der Waals surface area (Å²) in [5.74, 6) is 0.0154. The summed E-state index contributed by atoms with van der Waals surface area (Å²) in [6.07, 6.45) is 0. The summed E-state index contributed by atoms with van der Waals surface area (Å²) >= 11 is 0. The predicted octanol–water partition coefficient (Wildman–Crippen LogP) is -0.449. The molecular weight excluding hydrogens is 334 g/mol. The van der Waals surface area contributed by atoms with Gasteiger partial charge in [-0.3, -0.25) is 9.69 Å². The Morgan fingerprint density at radius 3 is 2.40 bits per heavy atom. The first-order valence-electron chi connectivity index (χ1n) is 8.59. The van der Waals surface area contributed by atoms with Crippen LogP contribution in [0.25, 0.3) is 0 Å². The van der Waals surface area contributed by atoms with Gasteiger partial charge >= 0.3 is 0 Å². The third-order valence-corrected chi connectivity index (χ3v) is 4.49. The number of nitrogens with one attached hydrogen (secondary N) is 1. The molecule has 0 atom stereocenters. The van der Waals surface area contributed by atoms with Crippen LogP contribution >= 0.6 is 0 Å². The first-order valence-corrected chi connectivity index (χ1v) is 8.59. The number of hydrogen-bond donors (Lipinski definition) is 1. The van der Waals surface area contributed by atoms with Crippen LogP contribution in [0.1, 0.15) is 15.9 Å². The van der Waals surface area contributed by atoms with Crippen molar-refractivity contribution in [2.24, 2.45) is 0 Å². The van der Waals surface area contributed by atoms with Crippen molar-refractivity contribution in [2.45, 2.75) is 6.92 Å². The Bertz CT molecular complexity index is 670. The maximum atomic E-state index is 12.1. The molecule has 1 aliphatic heterocycles. The molecule has 0 bridgehead atoms. The van der Waals surface area contributed by atoms with E-state index >= 15 is 0 Å². The molecule has 134 valence electrons. The highest BCUT2D eigenvalue weighted by molar-refractivity contribution is 5.94. The van der Waals surface area contributed by atoms with Gasteiger partial charge in [0.15, 0.2) is 0 Å². The number of carbonyl (C=O) groups excluding carboxylic acids is 1. The van der Waals surface area contributed by atoms with Crippen LogP contribution < -0.4 is 22.6 Å². The summed E-state index contributed by atoms with van der Waals surface area (Å²) in [5, 5.41) is 3.02. The molecular formula is C20H25ClN3O-. The van der Waals surface area contributed by atoms with Crippen molar-refractivity contribution < 1.29 is 17.2 Å². The topological polar surface area (TPSA) is 35.6 Å². The van der Waals surface area contributed by atoms with Gasteiger partial charge in [0.05, 0.1) is 0 Å². The lowest BCUT2D eigenvalue weighted by molar-refractivity contribution is -0.0000132. The van der Waals surface area contributed by atoms with Gasteiger partial charge in [0.1, 0.15) is 0 Å². The van der Waals surface area contributed by atoms with Gasteiger partial charge in [-0.1, -0.05) is 35.9 Å². The Morgan fingerprint density at radius 2 is 1.72 bits per heavy atom. The molecule has 0 aromatic heterocycles. The quantitative estimate of drug-likeness (QED) is 0.786. The van der Waals surface area contributed by atoms with Crippen LogP contribution in [0.5, 0.6) is 0 Å². The van der Waals surface area contributed by atoms with Crippen LogP contribution in [-0.4, -0.2) is 50.1 Å². The fourth-order valence-electron chi connectivity index (χ4n) is 3.08. The molecule has 1 fully saturated rings. The lowest BCUT2D eigenvalue weighted by Crippen LogP contribution is -3.00. The first kappa shape index (κ1) is 19.3. The van der Waals surface area contributed by atoms with Crippen LogP contribution in [0.2, 0.25) is 0 Å². The standard InChI is InChI=1S/C20H25N3O.ClH/c1-17-6-5-7-18(16-17)20(24)21-10-11-22-12-14-23(15-13-22)19-8-3-2-4-9-19;/h2-9,16H,10-15H2,1H3,(H,21,24);1H/p-1. The minimum Gasteiger partial charge on any atom is -1.00 e. The average Bonchev–Trinajstić information content (AvgIpc) is 2.63. The van der Waals surface area contributed by atoms with Gasteiger partial charge in [0.2, 0.25) is 0 Å². The number of anilines is 1. The van der Waals surface area contributed by atoms with E-state index in [4.69, 9.17) is 0 Å². The summed E-state index contributed by atoms with van der Waals surface area (Å²) in [4.78, 5) is 17.0. The van der Waals surface area contributed by atoms with E-state index in [1.807, 2.05) is 31.2 Å². The molecule has 0 radical (unpaired) electrons. The second kappa shape index (κ2) is 9.44. The molecule has 1 saturated heterocycles. The molecule has 3 rings (SSSR count). The van der Waals surface area contributed by atoms with Crippen LogP contribution in [-0.2, 0) is 0 Å². The molecule has 1 N–H and O–H groups in total. The van der Waals surface area contributed by atoms with Crippen molar-refractivity contribution in [1.29, 1.82) is 0 Å². The zero-order valence-corrected chi connectivity index (χ0v) is 15.4. The van der Waals surface area contributed by atoms with E-state index < -0.39 is 0 Å². The highest BCUT2D eigenvalue weighted by Gasteiger charge is 2.16. The number of rotatable bonds is 5. The zero-order chi connectivity index (χ0) is 16.8. The summed E-state index contributed by atoms with van der Waals surface area (Å²) in [6.45, 7) is 7.75. The van der Waals surface area contributed by atoms with E-state index in [0.29, 0.717) is 6.54 Å². The number of halogens is 1. The molecule has 0 unspecified atom stereocenters. The van der Waals surface area contributed by atoms with Gasteiger partial charge in [0, 0.05) is 50.5 Å². The molecule has 0 saturated carbocycles.